The predicted octanol–water partition coefficient (Wildman–Crippen LogP) is 0.0694. The summed E-state index contributed by atoms with van der Waals surface area (Å²) < 4.78 is 29.7. The van der Waals surface area contributed by atoms with E-state index in [0.29, 0.717) is 5.75 Å². The van der Waals surface area contributed by atoms with Gasteiger partial charge < -0.3 is 9.84 Å². The van der Waals surface area contributed by atoms with E-state index in [-0.39, 0.29) is 12.4 Å². The molecule has 0 saturated carbocycles. The fourth-order valence-corrected chi connectivity index (χ4v) is 1.82. The van der Waals surface area contributed by atoms with Crippen molar-refractivity contribution in [3.8, 4) is 5.75 Å². The topological polar surface area (TPSA) is 92.7 Å². The maximum absolute atomic E-state index is 11.3. The number of para-hydroxylation sites is 1. The Balaban J connectivity index is 2.33. The van der Waals surface area contributed by atoms with Crippen LogP contribution in [0.2, 0.25) is 0 Å². The number of nitrogens with one attached hydrogen (secondary N) is 1. The van der Waals surface area contributed by atoms with Crippen LogP contribution in [0.5, 0.6) is 5.75 Å². The van der Waals surface area contributed by atoms with Crippen molar-refractivity contribution in [3.63, 3.8) is 0 Å². The molecule has 6 nitrogen and oxygen atoms in total. The second kappa shape index (κ2) is 6.21. The SMILES string of the molecule is O=C(O)CNS(=O)(=O)CCOc1ccccc1. The van der Waals surface area contributed by atoms with Crippen molar-refractivity contribution in [2.75, 3.05) is 18.9 Å². The molecule has 0 unspecified atom stereocenters. The first-order valence-electron chi connectivity index (χ1n) is 4.86. The molecule has 0 atom stereocenters. The highest BCUT2D eigenvalue weighted by atomic mass is 32.2. The Morgan fingerprint density at radius 1 is 1.29 bits per heavy atom. The number of carboxylic acid groups (broad SMARTS) is 1. The number of ether oxygens (including phenoxy) is 1. The Morgan fingerprint density at radius 3 is 2.53 bits per heavy atom. The van der Waals surface area contributed by atoms with Crippen LogP contribution in [0.15, 0.2) is 30.3 Å². The van der Waals surface area contributed by atoms with Gasteiger partial charge >= 0.3 is 5.97 Å². The lowest BCUT2D eigenvalue weighted by Gasteiger charge is -2.06. The molecular formula is C10H13NO5S. The molecule has 0 aliphatic rings. The van der Waals surface area contributed by atoms with Crippen LogP contribution in [-0.2, 0) is 14.8 Å². The van der Waals surface area contributed by atoms with E-state index in [0.717, 1.165) is 0 Å². The number of carbonyl (C=O) groups is 1. The molecule has 0 heterocycles. The standard InChI is InChI=1S/C10H13NO5S/c12-10(13)8-11-17(14,15)7-6-16-9-4-2-1-3-5-9/h1-5,11H,6-8H2,(H,12,13). The summed E-state index contributed by atoms with van der Waals surface area (Å²) in [5.41, 5.74) is 0. The minimum atomic E-state index is -3.60. The molecule has 0 spiro atoms. The molecule has 0 aliphatic heterocycles. The van der Waals surface area contributed by atoms with Gasteiger partial charge in [-0.3, -0.25) is 4.79 Å². The molecule has 17 heavy (non-hydrogen) atoms. The van der Waals surface area contributed by atoms with E-state index < -0.39 is 22.5 Å². The fraction of sp³-hybridized carbons (Fsp3) is 0.300. The molecule has 2 N–H and O–H groups in total. The Kier molecular flexibility index (Phi) is 4.92. The monoisotopic (exact) mass is 259 g/mol. The highest BCUT2D eigenvalue weighted by molar-refractivity contribution is 7.89. The zero-order valence-electron chi connectivity index (χ0n) is 9.00. The minimum Gasteiger partial charge on any atom is -0.492 e. The summed E-state index contributed by atoms with van der Waals surface area (Å²) >= 11 is 0. The number of sulfonamides is 1. The molecule has 94 valence electrons. The van der Waals surface area contributed by atoms with Gasteiger partial charge in [-0.05, 0) is 12.1 Å². The second-order valence-corrected chi connectivity index (χ2v) is 5.12. The molecular weight excluding hydrogens is 246 g/mol. The Bertz CT molecular complexity index is 457. The van der Waals surface area contributed by atoms with Crippen LogP contribution < -0.4 is 9.46 Å². The highest BCUT2D eigenvalue weighted by Gasteiger charge is 2.11. The fourth-order valence-electron chi connectivity index (χ4n) is 1.03. The van der Waals surface area contributed by atoms with E-state index in [1.54, 1.807) is 24.3 Å². The molecule has 0 aliphatic carbocycles. The van der Waals surface area contributed by atoms with E-state index in [2.05, 4.69) is 0 Å². The first-order chi connectivity index (χ1) is 7.99. The van der Waals surface area contributed by atoms with Gasteiger partial charge in [-0.1, -0.05) is 18.2 Å². The first-order valence-corrected chi connectivity index (χ1v) is 6.52. The molecule has 0 amide bonds. The number of benzene rings is 1. The lowest BCUT2D eigenvalue weighted by atomic mass is 10.3. The van der Waals surface area contributed by atoms with E-state index in [9.17, 15) is 13.2 Å². The molecule has 0 saturated heterocycles. The van der Waals surface area contributed by atoms with Crippen LogP contribution in [0.3, 0.4) is 0 Å². The van der Waals surface area contributed by atoms with Gasteiger partial charge in [-0.15, -0.1) is 0 Å². The first kappa shape index (κ1) is 13.5. The lowest BCUT2D eigenvalue weighted by Crippen LogP contribution is -2.33. The van der Waals surface area contributed by atoms with Crippen molar-refractivity contribution < 1.29 is 23.1 Å². The van der Waals surface area contributed by atoms with Crippen LogP contribution in [0.4, 0.5) is 0 Å². The van der Waals surface area contributed by atoms with Crippen molar-refractivity contribution in [1.82, 2.24) is 4.72 Å². The second-order valence-electron chi connectivity index (χ2n) is 3.20. The third-order valence-corrected chi connectivity index (χ3v) is 3.10. The number of hydrogen-bond donors (Lipinski definition) is 2. The summed E-state index contributed by atoms with van der Waals surface area (Å²) in [6, 6.07) is 8.77. The van der Waals surface area contributed by atoms with E-state index >= 15 is 0 Å². The predicted molar refractivity (Wildman–Crippen MR) is 61.4 cm³/mol. The summed E-state index contributed by atoms with van der Waals surface area (Å²) in [6.07, 6.45) is 0. The average Bonchev–Trinajstić information content (AvgIpc) is 2.28. The lowest BCUT2D eigenvalue weighted by molar-refractivity contribution is -0.135. The zero-order chi connectivity index (χ0) is 12.7. The zero-order valence-corrected chi connectivity index (χ0v) is 9.81. The smallest absolute Gasteiger partial charge is 0.318 e. The van der Waals surface area contributed by atoms with Crippen molar-refractivity contribution >= 4 is 16.0 Å². The van der Waals surface area contributed by atoms with Crippen LogP contribution in [0.1, 0.15) is 0 Å². The maximum Gasteiger partial charge on any atom is 0.318 e. The molecule has 0 radical (unpaired) electrons. The number of hydrogen-bond acceptors (Lipinski definition) is 4. The normalized spacial score (nSPS) is 11.1. The van der Waals surface area contributed by atoms with Gasteiger partial charge in [0.15, 0.2) is 0 Å². The Morgan fingerprint density at radius 2 is 1.94 bits per heavy atom. The largest absolute Gasteiger partial charge is 0.492 e. The Hall–Kier alpha value is -1.60. The highest BCUT2D eigenvalue weighted by Crippen LogP contribution is 2.07. The number of carboxylic acids is 1. The van der Waals surface area contributed by atoms with Crippen LogP contribution in [0.25, 0.3) is 0 Å². The number of rotatable bonds is 7. The summed E-state index contributed by atoms with van der Waals surface area (Å²) in [5, 5.41) is 8.32. The third-order valence-electron chi connectivity index (χ3n) is 1.81. The van der Waals surface area contributed by atoms with Crippen molar-refractivity contribution in [1.29, 1.82) is 0 Å². The molecule has 0 aromatic heterocycles. The Labute approximate surface area is 99.3 Å². The summed E-state index contributed by atoms with van der Waals surface area (Å²) in [5.74, 6) is -0.937. The van der Waals surface area contributed by atoms with Crippen molar-refractivity contribution in [2.24, 2.45) is 0 Å². The van der Waals surface area contributed by atoms with Gasteiger partial charge in [0.2, 0.25) is 10.0 Å². The molecule has 7 heteroatoms. The van der Waals surface area contributed by atoms with Gasteiger partial charge in [0.1, 0.15) is 18.9 Å². The molecule has 1 aromatic carbocycles. The minimum absolute atomic E-state index is 0.0288. The maximum atomic E-state index is 11.3. The van der Waals surface area contributed by atoms with Crippen LogP contribution >= 0.6 is 0 Å². The molecule has 1 rings (SSSR count). The van der Waals surface area contributed by atoms with Gasteiger partial charge in [0.25, 0.3) is 0 Å². The van der Waals surface area contributed by atoms with E-state index in [1.165, 1.54) is 0 Å². The summed E-state index contributed by atoms with van der Waals surface area (Å²) in [6.45, 7) is -0.646. The molecule has 1 aromatic rings. The van der Waals surface area contributed by atoms with Gasteiger partial charge in [0, 0.05) is 0 Å². The quantitative estimate of drug-likeness (QED) is 0.722. The average molecular weight is 259 g/mol. The van der Waals surface area contributed by atoms with Crippen molar-refractivity contribution in [2.45, 2.75) is 0 Å². The molecule has 0 fully saturated rings. The summed E-state index contributed by atoms with van der Waals surface area (Å²) in [7, 11) is -3.60. The van der Waals surface area contributed by atoms with E-state index in [1.807, 2.05) is 10.8 Å². The van der Waals surface area contributed by atoms with Crippen LogP contribution in [-0.4, -0.2) is 38.4 Å². The van der Waals surface area contributed by atoms with Crippen molar-refractivity contribution in [3.05, 3.63) is 30.3 Å². The number of aliphatic carboxylic acids is 1. The van der Waals surface area contributed by atoms with Gasteiger partial charge in [-0.2, -0.15) is 0 Å². The van der Waals surface area contributed by atoms with Crippen LogP contribution in [0, 0.1) is 0 Å². The van der Waals surface area contributed by atoms with Gasteiger partial charge in [-0.25, -0.2) is 13.1 Å². The van der Waals surface area contributed by atoms with E-state index in [4.69, 9.17) is 9.84 Å². The molecule has 0 bridgehead atoms. The van der Waals surface area contributed by atoms with Gasteiger partial charge in [0.05, 0.1) is 5.75 Å². The third kappa shape index (κ3) is 5.88. The summed E-state index contributed by atoms with van der Waals surface area (Å²) in [4.78, 5) is 10.2.